The molecule has 16 heavy (non-hydrogen) atoms. The summed E-state index contributed by atoms with van der Waals surface area (Å²) in [7, 11) is -3.57. The Bertz CT molecular complexity index is 357. The second-order valence-electron chi connectivity index (χ2n) is 3.78. The maximum absolute atomic E-state index is 13.5. The van der Waals surface area contributed by atoms with Gasteiger partial charge in [0, 0.05) is 12.5 Å². The number of likely N-dealkylation sites (tertiary alicyclic amines) is 1. The highest BCUT2D eigenvalue weighted by Gasteiger charge is 2.32. The van der Waals surface area contributed by atoms with E-state index in [0.29, 0.717) is 0 Å². The lowest BCUT2D eigenvalue weighted by Crippen LogP contribution is -2.45. The van der Waals surface area contributed by atoms with Gasteiger partial charge in [-0.2, -0.15) is 8.42 Å². The number of alkyl halides is 1. The van der Waals surface area contributed by atoms with Crippen LogP contribution >= 0.6 is 0 Å². The standard InChI is InChI=1S/C8H14FNO5S/c1-16(13,14)15-5-6-2-3-10(8(11)12)4-7(6)9/h6-7H,2-5H2,1H3,(H,11,12)/t6-,7-/m0/s1. The van der Waals surface area contributed by atoms with Gasteiger partial charge in [0.05, 0.1) is 19.4 Å². The normalized spacial score (nSPS) is 26.8. The van der Waals surface area contributed by atoms with Crippen molar-refractivity contribution in [1.29, 1.82) is 0 Å². The molecule has 0 radical (unpaired) electrons. The fraction of sp³-hybridized carbons (Fsp3) is 0.875. The van der Waals surface area contributed by atoms with Gasteiger partial charge in [0.25, 0.3) is 10.1 Å². The summed E-state index contributed by atoms with van der Waals surface area (Å²) in [5.41, 5.74) is 0. The number of carbonyl (C=O) groups is 1. The number of carboxylic acid groups (broad SMARTS) is 1. The number of hydrogen-bond acceptors (Lipinski definition) is 4. The summed E-state index contributed by atoms with van der Waals surface area (Å²) >= 11 is 0. The van der Waals surface area contributed by atoms with Gasteiger partial charge in [-0.1, -0.05) is 0 Å². The lowest BCUT2D eigenvalue weighted by molar-refractivity contribution is 0.0565. The molecule has 1 heterocycles. The van der Waals surface area contributed by atoms with Crippen molar-refractivity contribution in [3.63, 3.8) is 0 Å². The molecule has 1 aliphatic rings. The molecule has 0 saturated carbocycles. The van der Waals surface area contributed by atoms with Crippen LogP contribution in [0.1, 0.15) is 6.42 Å². The molecule has 0 unspecified atom stereocenters. The largest absolute Gasteiger partial charge is 0.465 e. The molecule has 1 fully saturated rings. The third-order valence-corrected chi connectivity index (χ3v) is 3.01. The Kier molecular flexibility index (Phi) is 4.09. The number of amides is 1. The average molecular weight is 255 g/mol. The van der Waals surface area contributed by atoms with Crippen molar-refractivity contribution < 1.29 is 26.9 Å². The number of nitrogens with zero attached hydrogens (tertiary/aromatic N) is 1. The molecule has 1 N–H and O–H groups in total. The average Bonchev–Trinajstić information content (AvgIpc) is 2.14. The summed E-state index contributed by atoms with van der Waals surface area (Å²) in [6, 6.07) is 0. The molecular formula is C8H14FNO5S. The van der Waals surface area contributed by atoms with Crippen molar-refractivity contribution in [2.45, 2.75) is 12.6 Å². The molecule has 1 rings (SSSR count). The molecule has 0 aliphatic carbocycles. The monoisotopic (exact) mass is 255 g/mol. The topological polar surface area (TPSA) is 83.9 Å². The molecule has 2 atom stereocenters. The molecule has 0 spiro atoms. The minimum Gasteiger partial charge on any atom is -0.465 e. The molecule has 1 aliphatic heterocycles. The van der Waals surface area contributed by atoms with Crippen LogP contribution in [0.4, 0.5) is 9.18 Å². The molecule has 1 saturated heterocycles. The second kappa shape index (κ2) is 4.96. The van der Waals surface area contributed by atoms with Crippen LogP contribution in [0.5, 0.6) is 0 Å². The molecule has 8 heteroatoms. The van der Waals surface area contributed by atoms with E-state index in [-0.39, 0.29) is 26.1 Å². The Labute approximate surface area is 93.1 Å². The predicted molar refractivity (Wildman–Crippen MR) is 53.4 cm³/mol. The van der Waals surface area contributed by atoms with Crippen molar-refractivity contribution in [3.8, 4) is 0 Å². The van der Waals surface area contributed by atoms with Gasteiger partial charge in [0.15, 0.2) is 0 Å². The first-order valence-electron chi connectivity index (χ1n) is 4.76. The van der Waals surface area contributed by atoms with Crippen LogP contribution in [0.25, 0.3) is 0 Å². The van der Waals surface area contributed by atoms with Gasteiger partial charge in [-0.15, -0.1) is 0 Å². The molecular weight excluding hydrogens is 241 g/mol. The Morgan fingerprint density at radius 2 is 2.25 bits per heavy atom. The highest BCUT2D eigenvalue weighted by molar-refractivity contribution is 7.85. The lowest BCUT2D eigenvalue weighted by atomic mass is 9.96. The number of rotatable bonds is 3. The summed E-state index contributed by atoms with van der Waals surface area (Å²) < 4.78 is 39.4. The smallest absolute Gasteiger partial charge is 0.407 e. The van der Waals surface area contributed by atoms with E-state index in [1.54, 1.807) is 0 Å². The predicted octanol–water partition coefficient (Wildman–Crippen LogP) is 0.301. The first-order chi connectivity index (χ1) is 7.29. The van der Waals surface area contributed by atoms with Crippen molar-refractivity contribution in [2.24, 2.45) is 5.92 Å². The fourth-order valence-electron chi connectivity index (χ4n) is 1.53. The number of hydrogen-bond donors (Lipinski definition) is 1. The summed E-state index contributed by atoms with van der Waals surface area (Å²) in [6.07, 6.45) is -1.38. The third-order valence-electron chi connectivity index (χ3n) is 2.44. The summed E-state index contributed by atoms with van der Waals surface area (Å²) in [5, 5.41) is 8.63. The highest BCUT2D eigenvalue weighted by Crippen LogP contribution is 2.21. The zero-order chi connectivity index (χ0) is 12.3. The lowest BCUT2D eigenvalue weighted by Gasteiger charge is -2.32. The van der Waals surface area contributed by atoms with E-state index >= 15 is 0 Å². The maximum atomic E-state index is 13.5. The third kappa shape index (κ3) is 3.93. The van der Waals surface area contributed by atoms with E-state index < -0.39 is 28.3 Å². The van der Waals surface area contributed by atoms with Gasteiger partial charge in [-0.3, -0.25) is 4.18 Å². The van der Waals surface area contributed by atoms with Crippen molar-refractivity contribution in [2.75, 3.05) is 26.0 Å². The maximum Gasteiger partial charge on any atom is 0.407 e. The van der Waals surface area contributed by atoms with Gasteiger partial charge >= 0.3 is 6.09 Å². The van der Waals surface area contributed by atoms with E-state index in [1.165, 1.54) is 0 Å². The molecule has 1 amide bonds. The second-order valence-corrected chi connectivity index (χ2v) is 5.43. The van der Waals surface area contributed by atoms with Crippen molar-refractivity contribution >= 4 is 16.2 Å². The van der Waals surface area contributed by atoms with Crippen LogP contribution < -0.4 is 0 Å². The Hall–Kier alpha value is -0.890. The van der Waals surface area contributed by atoms with E-state index in [4.69, 9.17) is 5.11 Å². The van der Waals surface area contributed by atoms with E-state index in [0.717, 1.165) is 11.2 Å². The summed E-state index contributed by atoms with van der Waals surface area (Å²) in [6.45, 7) is -0.256. The minimum absolute atomic E-state index is 0.202. The fourth-order valence-corrected chi connectivity index (χ4v) is 1.95. The van der Waals surface area contributed by atoms with Gasteiger partial charge < -0.3 is 10.0 Å². The minimum atomic E-state index is -3.57. The van der Waals surface area contributed by atoms with Crippen LogP contribution in [0, 0.1) is 5.92 Å². The van der Waals surface area contributed by atoms with E-state index in [2.05, 4.69) is 4.18 Å². The molecule has 0 aromatic heterocycles. The number of piperidine rings is 1. The molecule has 6 nitrogen and oxygen atoms in total. The first kappa shape index (κ1) is 13.2. The zero-order valence-corrected chi connectivity index (χ0v) is 9.61. The van der Waals surface area contributed by atoms with Crippen LogP contribution in [-0.4, -0.2) is 56.6 Å². The highest BCUT2D eigenvalue weighted by atomic mass is 32.2. The molecule has 94 valence electrons. The Morgan fingerprint density at radius 3 is 2.69 bits per heavy atom. The molecule has 0 aromatic rings. The van der Waals surface area contributed by atoms with E-state index in [9.17, 15) is 17.6 Å². The van der Waals surface area contributed by atoms with Crippen LogP contribution in [-0.2, 0) is 14.3 Å². The van der Waals surface area contributed by atoms with Gasteiger partial charge in [0.2, 0.25) is 0 Å². The zero-order valence-electron chi connectivity index (χ0n) is 8.80. The van der Waals surface area contributed by atoms with Crippen LogP contribution in [0.3, 0.4) is 0 Å². The molecule has 0 aromatic carbocycles. The quantitative estimate of drug-likeness (QED) is 0.733. The Morgan fingerprint density at radius 1 is 1.62 bits per heavy atom. The van der Waals surface area contributed by atoms with Gasteiger partial charge in [0.1, 0.15) is 6.17 Å². The van der Waals surface area contributed by atoms with Gasteiger partial charge in [-0.05, 0) is 6.42 Å². The first-order valence-corrected chi connectivity index (χ1v) is 6.57. The SMILES string of the molecule is CS(=O)(=O)OC[C@@H]1CCN(C(=O)O)C[C@@H]1F. The Balaban J connectivity index is 2.45. The van der Waals surface area contributed by atoms with Crippen molar-refractivity contribution in [1.82, 2.24) is 4.90 Å². The van der Waals surface area contributed by atoms with Crippen LogP contribution in [0.15, 0.2) is 0 Å². The summed E-state index contributed by atoms with van der Waals surface area (Å²) in [5.74, 6) is -0.565. The van der Waals surface area contributed by atoms with E-state index in [1.807, 2.05) is 0 Å². The molecule has 0 bridgehead atoms. The number of halogens is 1. The van der Waals surface area contributed by atoms with Crippen LogP contribution in [0.2, 0.25) is 0 Å². The summed E-state index contributed by atoms with van der Waals surface area (Å²) in [4.78, 5) is 11.5. The van der Waals surface area contributed by atoms with Gasteiger partial charge in [-0.25, -0.2) is 9.18 Å². The van der Waals surface area contributed by atoms with Crippen molar-refractivity contribution in [3.05, 3.63) is 0 Å².